The van der Waals surface area contributed by atoms with Gasteiger partial charge in [0.25, 0.3) is 0 Å². The van der Waals surface area contributed by atoms with Crippen molar-refractivity contribution in [3.8, 4) is 0 Å². The highest BCUT2D eigenvalue weighted by molar-refractivity contribution is 7.98. The van der Waals surface area contributed by atoms with Gasteiger partial charge in [-0.15, -0.1) is 11.8 Å². The number of aromatic carboxylic acids is 1. The van der Waals surface area contributed by atoms with Gasteiger partial charge in [0, 0.05) is 16.2 Å². The summed E-state index contributed by atoms with van der Waals surface area (Å²) in [7, 11) is 0. The van der Waals surface area contributed by atoms with E-state index in [1.54, 1.807) is 30.7 Å². The second-order valence-corrected chi connectivity index (χ2v) is 4.82. The van der Waals surface area contributed by atoms with Gasteiger partial charge in [0.2, 0.25) is 0 Å². The number of hydrogen-bond donors (Lipinski definition) is 1. The summed E-state index contributed by atoms with van der Waals surface area (Å²) in [6.45, 7) is 0. The van der Waals surface area contributed by atoms with Crippen LogP contribution in [-0.2, 0) is 5.75 Å². The smallest absolute Gasteiger partial charge is 0.337 e. The molecule has 88 valence electrons. The Kier molecular flexibility index (Phi) is 3.76. The molecule has 0 saturated heterocycles. The second-order valence-electron chi connectivity index (χ2n) is 3.37. The summed E-state index contributed by atoms with van der Waals surface area (Å²) in [6, 6.07) is 6.86. The molecule has 0 aliphatic heterocycles. The third-order valence-electron chi connectivity index (χ3n) is 2.15. The van der Waals surface area contributed by atoms with E-state index in [1.807, 2.05) is 6.07 Å². The molecule has 1 N–H and O–H groups in total. The number of hydrogen-bond acceptors (Lipinski definition) is 3. The van der Waals surface area contributed by atoms with E-state index < -0.39 is 5.97 Å². The van der Waals surface area contributed by atoms with Crippen molar-refractivity contribution in [2.45, 2.75) is 10.6 Å². The van der Waals surface area contributed by atoms with E-state index in [1.165, 1.54) is 11.8 Å². The predicted molar refractivity (Wildman–Crippen MR) is 66.7 cm³/mol. The molecule has 0 aliphatic carbocycles. The zero-order chi connectivity index (χ0) is 12.3. The van der Waals surface area contributed by atoms with Crippen molar-refractivity contribution in [2.75, 3.05) is 0 Å². The Labute approximate surface area is 107 Å². The number of carboxylic acid groups (broad SMARTS) is 1. The van der Waals surface area contributed by atoms with Gasteiger partial charge >= 0.3 is 5.97 Å². The molecule has 1 aromatic carbocycles. The van der Waals surface area contributed by atoms with Crippen molar-refractivity contribution in [3.63, 3.8) is 0 Å². The Hall–Kier alpha value is -1.39. The van der Waals surface area contributed by atoms with E-state index >= 15 is 0 Å². The van der Waals surface area contributed by atoms with E-state index in [0.29, 0.717) is 0 Å². The molecule has 0 amide bonds. The Morgan fingerprint density at radius 2 is 2.24 bits per heavy atom. The first-order valence-electron chi connectivity index (χ1n) is 4.83. The summed E-state index contributed by atoms with van der Waals surface area (Å²) >= 11 is 7.32. The largest absolute Gasteiger partial charge is 0.478 e. The Balaban J connectivity index is 2.11. The summed E-state index contributed by atoms with van der Waals surface area (Å²) in [4.78, 5) is 11.8. The fourth-order valence-electron chi connectivity index (χ4n) is 1.30. The zero-order valence-electron chi connectivity index (χ0n) is 8.72. The maximum absolute atomic E-state index is 10.9. The highest BCUT2D eigenvalue weighted by Crippen LogP contribution is 2.27. The first kappa shape index (κ1) is 12.1. The molecule has 0 unspecified atom stereocenters. The minimum absolute atomic E-state index is 0.129. The van der Waals surface area contributed by atoms with Gasteiger partial charge in [-0.25, -0.2) is 4.79 Å². The number of rotatable bonds is 4. The second kappa shape index (κ2) is 5.29. The van der Waals surface area contributed by atoms with Crippen LogP contribution in [0.15, 0.2) is 46.1 Å². The molecule has 0 atom stereocenters. The van der Waals surface area contributed by atoms with Crippen LogP contribution >= 0.6 is 23.4 Å². The molecule has 5 heteroatoms. The quantitative estimate of drug-likeness (QED) is 0.854. The molecular formula is C12H9ClO3S. The Morgan fingerprint density at radius 3 is 2.88 bits per heavy atom. The molecule has 0 bridgehead atoms. The molecule has 2 aromatic rings. The standard InChI is InChI=1S/C12H9ClO3S/c13-11-2-1-9(5-10(11)12(14)15)17-7-8-3-4-16-6-8/h1-6H,7H2,(H,14,15). The highest BCUT2D eigenvalue weighted by Gasteiger charge is 2.09. The van der Waals surface area contributed by atoms with Crippen LogP contribution in [0.5, 0.6) is 0 Å². The van der Waals surface area contributed by atoms with Crippen molar-refractivity contribution in [2.24, 2.45) is 0 Å². The summed E-state index contributed by atoms with van der Waals surface area (Å²) < 4.78 is 4.96. The SMILES string of the molecule is O=C(O)c1cc(SCc2ccoc2)ccc1Cl. The van der Waals surface area contributed by atoms with Crippen LogP contribution in [0, 0.1) is 0 Å². The summed E-state index contributed by atoms with van der Waals surface area (Å²) in [6.07, 6.45) is 3.28. The van der Waals surface area contributed by atoms with Gasteiger partial charge in [0.1, 0.15) is 0 Å². The van der Waals surface area contributed by atoms with Crippen LogP contribution in [-0.4, -0.2) is 11.1 Å². The maximum atomic E-state index is 10.9. The van der Waals surface area contributed by atoms with Crippen molar-refractivity contribution < 1.29 is 14.3 Å². The van der Waals surface area contributed by atoms with Gasteiger partial charge in [-0.05, 0) is 24.3 Å². The summed E-state index contributed by atoms with van der Waals surface area (Å²) in [5.41, 5.74) is 1.19. The van der Waals surface area contributed by atoms with Gasteiger partial charge in [-0.1, -0.05) is 11.6 Å². The third-order valence-corrected chi connectivity index (χ3v) is 3.55. The first-order chi connectivity index (χ1) is 8.16. The highest BCUT2D eigenvalue weighted by atomic mass is 35.5. The van der Waals surface area contributed by atoms with Crippen molar-refractivity contribution in [3.05, 3.63) is 52.9 Å². The lowest BCUT2D eigenvalue weighted by Gasteiger charge is -2.03. The van der Waals surface area contributed by atoms with Gasteiger partial charge in [0.15, 0.2) is 0 Å². The van der Waals surface area contributed by atoms with Gasteiger partial charge in [-0.2, -0.15) is 0 Å². The number of benzene rings is 1. The molecule has 3 nitrogen and oxygen atoms in total. The van der Waals surface area contributed by atoms with Crippen LogP contribution in [0.25, 0.3) is 0 Å². The molecule has 1 heterocycles. The average Bonchev–Trinajstić information content (AvgIpc) is 2.80. The molecule has 0 spiro atoms. The predicted octanol–water partition coefficient (Wildman–Crippen LogP) is 3.92. The number of furan rings is 1. The normalized spacial score (nSPS) is 10.4. The van der Waals surface area contributed by atoms with E-state index in [9.17, 15) is 4.79 Å². The molecule has 0 fully saturated rings. The van der Waals surface area contributed by atoms with Crippen LogP contribution in [0.1, 0.15) is 15.9 Å². The topological polar surface area (TPSA) is 50.4 Å². The Bertz CT molecular complexity index is 523. The van der Waals surface area contributed by atoms with Gasteiger partial charge < -0.3 is 9.52 Å². The molecule has 17 heavy (non-hydrogen) atoms. The minimum Gasteiger partial charge on any atom is -0.478 e. The van der Waals surface area contributed by atoms with Crippen LogP contribution in [0.4, 0.5) is 0 Å². The zero-order valence-corrected chi connectivity index (χ0v) is 10.3. The summed E-state index contributed by atoms with van der Waals surface area (Å²) in [5, 5.41) is 9.19. The summed E-state index contributed by atoms with van der Waals surface area (Å²) in [5.74, 6) is -0.280. The van der Waals surface area contributed by atoms with Gasteiger partial charge in [0.05, 0.1) is 23.1 Å². The van der Waals surface area contributed by atoms with E-state index in [4.69, 9.17) is 21.1 Å². The number of carbonyl (C=O) groups is 1. The van der Waals surface area contributed by atoms with E-state index in [0.717, 1.165) is 16.2 Å². The number of thioether (sulfide) groups is 1. The molecule has 0 aliphatic rings. The lowest BCUT2D eigenvalue weighted by Crippen LogP contribution is -1.97. The van der Waals surface area contributed by atoms with Crippen LogP contribution in [0.2, 0.25) is 5.02 Å². The average molecular weight is 269 g/mol. The first-order valence-corrected chi connectivity index (χ1v) is 6.20. The van der Waals surface area contributed by atoms with E-state index in [-0.39, 0.29) is 10.6 Å². The Morgan fingerprint density at radius 1 is 1.41 bits per heavy atom. The molecule has 0 radical (unpaired) electrons. The third kappa shape index (κ3) is 3.05. The molecular weight excluding hydrogens is 260 g/mol. The fourth-order valence-corrected chi connectivity index (χ4v) is 2.36. The van der Waals surface area contributed by atoms with Crippen LogP contribution in [0.3, 0.4) is 0 Å². The van der Waals surface area contributed by atoms with Crippen molar-refractivity contribution in [1.82, 2.24) is 0 Å². The maximum Gasteiger partial charge on any atom is 0.337 e. The minimum atomic E-state index is -1.01. The molecule has 0 saturated carbocycles. The van der Waals surface area contributed by atoms with E-state index in [2.05, 4.69) is 0 Å². The van der Waals surface area contributed by atoms with Crippen molar-refractivity contribution >= 4 is 29.3 Å². The van der Waals surface area contributed by atoms with Crippen LogP contribution < -0.4 is 0 Å². The van der Waals surface area contributed by atoms with Gasteiger partial charge in [-0.3, -0.25) is 0 Å². The lowest BCUT2D eigenvalue weighted by atomic mass is 10.2. The lowest BCUT2D eigenvalue weighted by molar-refractivity contribution is 0.0697. The molecule has 2 rings (SSSR count). The van der Waals surface area contributed by atoms with Crippen molar-refractivity contribution in [1.29, 1.82) is 0 Å². The monoisotopic (exact) mass is 268 g/mol. The number of carboxylic acids is 1. The fraction of sp³-hybridized carbons (Fsp3) is 0.0833. The number of halogens is 1. The molecule has 1 aromatic heterocycles.